The molecule has 0 aromatic carbocycles. The molecular weight excluding hydrogens is 272 g/mol. The fourth-order valence-corrected chi connectivity index (χ4v) is 5.87. The number of ether oxygens (including phenoxy) is 2. The summed E-state index contributed by atoms with van der Waals surface area (Å²) < 4.78 is 11.9. The molecule has 4 fully saturated rings. The number of aliphatic hydroxyl groups excluding tert-OH is 1. The molecule has 2 aliphatic carbocycles. The predicted octanol–water partition coefficient (Wildman–Crippen LogP) is 2.74. The second-order valence-corrected chi connectivity index (χ2v) is 8.02. The van der Waals surface area contributed by atoms with E-state index in [0.717, 1.165) is 19.3 Å². The maximum absolute atomic E-state index is 10.3. The topological polar surface area (TPSA) is 68.2 Å². The van der Waals surface area contributed by atoms with E-state index in [1.165, 1.54) is 6.42 Å². The highest BCUT2D eigenvalue weighted by atomic mass is 17.1. The van der Waals surface area contributed by atoms with Crippen LogP contribution in [0.4, 0.5) is 0 Å². The Morgan fingerprint density at radius 3 is 2.67 bits per heavy atom. The molecule has 2 N–H and O–H groups in total. The molecule has 0 aromatic heterocycles. The Morgan fingerprint density at radius 1 is 1.19 bits per heavy atom. The Hall–Kier alpha value is -0.200. The molecule has 8 unspecified atom stereocenters. The Kier molecular flexibility index (Phi) is 2.88. The van der Waals surface area contributed by atoms with Crippen LogP contribution >= 0.6 is 0 Å². The van der Waals surface area contributed by atoms with Gasteiger partial charge in [0.15, 0.2) is 12.6 Å². The van der Waals surface area contributed by atoms with E-state index >= 15 is 0 Å². The first-order valence-corrected chi connectivity index (χ1v) is 8.22. The molecule has 2 aliphatic heterocycles. The van der Waals surface area contributed by atoms with E-state index in [1.807, 2.05) is 0 Å². The molecule has 0 amide bonds. The number of rotatable bonds is 1. The van der Waals surface area contributed by atoms with Crippen LogP contribution in [-0.2, 0) is 14.4 Å². The summed E-state index contributed by atoms with van der Waals surface area (Å²) in [6.45, 7) is 6.18. The zero-order chi connectivity index (χ0) is 15.0. The molecule has 1 spiro atoms. The molecule has 2 saturated carbocycles. The molecule has 4 rings (SSSR count). The van der Waals surface area contributed by atoms with Gasteiger partial charge < -0.3 is 14.6 Å². The molecule has 8 atom stereocenters. The first-order valence-electron chi connectivity index (χ1n) is 8.22. The third-order valence-electron chi connectivity index (χ3n) is 7.27. The van der Waals surface area contributed by atoms with Crippen molar-refractivity contribution in [2.75, 3.05) is 0 Å². The fraction of sp³-hybridized carbons (Fsp3) is 1.00. The maximum atomic E-state index is 10.3. The molecule has 5 heteroatoms. The standard InChI is InChI=1S/C16H26O5/c1-9-4-5-11-10(2)12(17)19-13-16(11)8-15(9,16)7-6-14(3,20-13)21-18/h9-13,17-18H,4-8H2,1-3H3. The van der Waals surface area contributed by atoms with Gasteiger partial charge in [-0.05, 0) is 49.9 Å². The summed E-state index contributed by atoms with van der Waals surface area (Å²) in [5.74, 6) is 0.168. The summed E-state index contributed by atoms with van der Waals surface area (Å²) in [5.41, 5.74) is 0.227. The van der Waals surface area contributed by atoms with Gasteiger partial charge in [0.25, 0.3) is 0 Å². The molecule has 21 heavy (non-hydrogen) atoms. The highest BCUT2D eigenvalue weighted by Gasteiger charge is 2.81. The molecule has 4 aliphatic rings. The first kappa shape index (κ1) is 14.4. The second-order valence-electron chi connectivity index (χ2n) is 8.02. The van der Waals surface area contributed by atoms with Crippen molar-refractivity contribution in [3.05, 3.63) is 0 Å². The molecule has 0 bridgehead atoms. The van der Waals surface area contributed by atoms with Crippen LogP contribution in [0.15, 0.2) is 0 Å². The molecule has 0 radical (unpaired) electrons. The SMILES string of the molecule is CC1C(O)OC2OC(C)(OO)CCC34CC23C1CCC4C. The van der Waals surface area contributed by atoms with E-state index in [1.54, 1.807) is 6.92 Å². The lowest BCUT2D eigenvalue weighted by atomic mass is 9.61. The van der Waals surface area contributed by atoms with E-state index in [0.29, 0.717) is 18.3 Å². The second kappa shape index (κ2) is 4.20. The quantitative estimate of drug-likeness (QED) is 0.575. The van der Waals surface area contributed by atoms with Gasteiger partial charge in [-0.2, -0.15) is 0 Å². The summed E-state index contributed by atoms with van der Waals surface area (Å²) in [5, 5.41) is 19.5. The van der Waals surface area contributed by atoms with Crippen LogP contribution in [0.2, 0.25) is 0 Å². The molecule has 120 valence electrons. The third-order valence-corrected chi connectivity index (χ3v) is 7.27. The van der Waals surface area contributed by atoms with Gasteiger partial charge in [-0.3, -0.25) is 0 Å². The number of hydrogen-bond acceptors (Lipinski definition) is 5. The average molecular weight is 298 g/mol. The van der Waals surface area contributed by atoms with Crippen molar-refractivity contribution in [1.82, 2.24) is 0 Å². The van der Waals surface area contributed by atoms with Crippen LogP contribution in [0, 0.1) is 28.6 Å². The van der Waals surface area contributed by atoms with Crippen molar-refractivity contribution >= 4 is 0 Å². The monoisotopic (exact) mass is 298 g/mol. The minimum Gasteiger partial charge on any atom is -0.368 e. The predicted molar refractivity (Wildman–Crippen MR) is 73.9 cm³/mol. The van der Waals surface area contributed by atoms with Crippen molar-refractivity contribution in [1.29, 1.82) is 0 Å². The normalized spacial score (nSPS) is 62.4. The summed E-state index contributed by atoms with van der Waals surface area (Å²) in [7, 11) is 0. The molecular formula is C16H26O5. The first-order chi connectivity index (χ1) is 9.88. The Balaban J connectivity index is 1.77. The minimum atomic E-state index is -1.03. The Morgan fingerprint density at radius 2 is 1.95 bits per heavy atom. The molecule has 0 aromatic rings. The highest BCUT2D eigenvalue weighted by Crippen LogP contribution is 2.82. The van der Waals surface area contributed by atoms with Gasteiger partial charge in [-0.25, -0.2) is 10.1 Å². The van der Waals surface area contributed by atoms with Gasteiger partial charge in [0.1, 0.15) is 0 Å². The van der Waals surface area contributed by atoms with E-state index in [9.17, 15) is 10.4 Å². The van der Waals surface area contributed by atoms with E-state index in [2.05, 4.69) is 18.7 Å². The van der Waals surface area contributed by atoms with E-state index < -0.39 is 18.4 Å². The molecule has 2 heterocycles. The van der Waals surface area contributed by atoms with E-state index in [-0.39, 0.29) is 16.7 Å². The van der Waals surface area contributed by atoms with E-state index in [4.69, 9.17) is 9.47 Å². The van der Waals surface area contributed by atoms with Gasteiger partial charge in [0.05, 0.1) is 0 Å². The minimum absolute atomic E-state index is 0.000394. The van der Waals surface area contributed by atoms with Crippen LogP contribution in [0.3, 0.4) is 0 Å². The Labute approximate surface area is 125 Å². The van der Waals surface area contributed by atoms with Gasteiger partial charge in [0, 0.05) is 17.8 Å². The summed E-state index contributed by atoms with van der Waals surface area (Å²) in [4.78, 5) is 4.63. The summed E-state index contributed by atoms with van der Waals surface area (Å²) in [6.07, 6.45) is 3.83. The van der Waals surface area contributed by atoms with Gasteiger partial charge in [0.2, 0.25) is 5.79 Å². The fourth-order valence-electron chi connectivity index (χ4n) is 5.87. The average Bonchev–Trinajstić information content (AvgIpc) is 3.16. The zero-order valence-electron chi connectivity index (χ0n) is 13.0. The lowest BCUT2D eigenvalue weighted by molar-refractivity contribution is -0.446. The number of hydrogen-bond donors (Lipinski definition) is 2. The van der Waals surface area contributed by atoms with Crippen LogP contribution in [0.25, 0.3) is 0 Å². The highest BCUT2D eigenvalue weighted by molar-refractivity contribution is 5.25. The largest absolute Gasteiger partial charge is 0.368 e. The van der Waals surface area contributed by atoms with Crippen molar-refractivity contribution < 1.29 is 24.7 Å². The maximum Gasteiger partial charge on any atom is 0.201 e. The Bertz CT molecular complexity index is 456. The van der Waals surface area contributed by atoms with Crippen LogP contribution in [0.1, 0.15) is 52.9 Å². The van der Waals surface area contributed by atoms with Gasteiger partial charge in [-0.1, -0.05) is 13.8 Å². The van der Waals surface area contributed by atoms with Crippen molar-refractivity contribution in [3.8, 4) is 0 Å². The van der Waals surface area contributed by atoms with Crippen molar-refractivity contribution in [3.63, 3.8) is 0 Å². The van der Waals surface area contributed by atoms with Gasteiger partial charge in [-0.15, -0.1) is 0 Å². The zero-order valence-corrected chi connectivity index (χ0v) is 13.0. The number of aliphatic hydroxyl groups is 1. The molecule has 2 saturated heterocycles. The summed E-state index contributed by atoms with van der Waals surface area (Å²) in [6, 6.07) is 0. The van der Waals surface area contributed by atoms with Crippen LogP contribution < -0.4 is 0 Å². The smallest absolute Gasteiger partial charge is 0.201 e. The van der Waals surface area contributed by atoms with Crippen LogP contribution in [-0.4, -0.2) is 28.7 Å². The van der Waals surface area contributed by atoms with Crippen molar-refractivity contribution in [2.24, 2.45) is 28.6 Å². The van der Waals surface area contributed by atoms with Crippen LogP contribution in [0.5, 0.6) is 0 Å². The third kappa shape index (κ3) is 1.59. The molecule has 5 nitrogen and oxygen atoms in total. The van der Waals surface area contributed by atoms with Crippen molar-refractivity contribution in [2.45, 2.75) is 71.2 Å². The van der Waals surface area contributed by atoms with Gasteiger partial charge >= 0.3 is 0 Å². The lowest BCUT2D eigenvalue weighted by Crippen LogP contribution is -2.54. The lowest BCUT2D eigenvalue weighted by Gasteiger charge is -2.51. The summed E-state index contributed by atoms with van der Waals surface area (Å²) >= 11 is 0.